The van der Waals surface area contributed by atoms with Crippen molar-refractivity contribution >= 4 is 28.0 Å². The predicted molar refractivity (Wildman–Crippen MR) is 129 cm³/mol. The average Bonchev–Trinajstić information content (AvgIpc) is 2.76. The number of cyclic esters (lactones) is 1. The molecule has 1 aliphatic rings. The third-order valence-corrected chi connectivity index (χ3v) is 6.81. The summed E-state index contributed by atoms with van der Waals surface area (Å²) in [5.74, 6) is -1.16. The molecule has 4 N–H and O–H groups in total. The number of hydrogen-bond acceptors (Lipinski definition) is 8. The standard InChI is InChI=1S/C23H43N3O8S.Na/c1-4-5-7-10-17-11-8-6-9-14-24-20(27)13-12-18(22(29)35(31,32)33)25-21(28)19(15-16(2)3)26-23(30)34-17;/h16-19,22,29H,4-15H2,1-3H3,(H,24,27)(H,25,28)(H,26,30)(H,31,32,33);/q;+1/p-1/t17?,18-,19-,22?;/m0./s1. The van der Waals surface area contributed by atoms with Crippen LogP contribution in [0.2, 0.25) is 0 Å². The van der Waals surface area contributed by atoms with E-state index in [1.807, 2.05) is 13.8 Å². The molecule has 0 aromatic carbocycles. The van der Waals surface area contributed by atoms with Crippen molar-refractivity contribution in [3.8, 4) is 0 Å². The fraction of sp³-hybridized carbons (Fsp3) is 0.870. The van der Waals surface area contributed by atoms with Crippen LogP contribution in [0, 0.1) is 5.92 Å². The van der Waals surface area contributed by atoms with Crippen LogP contribution >= 0.6 is 0 Å². The Bertz CT molecular complexity index is 781. The Balaban J connectivity index is 0.0000122. The number of aliphatic hydroxyl groups is 1. The van der Waals surface area contributed by atoms with Crippen molar-refractivity contribution in [1.82, 2.24) is 16.0 Å². The van der Waals surface area contributed by atoms with Gasteiger partial charge < -0.3 is 30.3 Å². The zero-order valence-electron chi connectivity index (χ0n) is 22.1. The summed E-state index contributed by atoms with van der Waals surface area (Å²) < 4.78 is 39.9. The van der Waals surface area contributed by atoms with E-state index in [9.17, 15) is 32.5 Å². The van der Waals surface area contributed by atoms with E-state index in [1.54, 1.807) is 0 Å². The monoisotopic (exact) mass is 543 g/mol. The van der Waals surface area contributed by atoms with Crippen LogP contribution in [-0.4, -0.2) is 66.2 Å². The molecule has 0 aliphatic carbocycles. The van der Waals surface area contributed by atoms with Crippen LogP contribution in [0.1, 0.15) is 91.4 Å². The molecule has 0 radical (unpaired) electrons. The number of nitrogens with one attached hydrogen (secondary N) is 3. The molecule has 3 amide bonds. The van der Waals surface area contributed by atoms with Crippen LogP contribution in [0.4, 0.5) is 4.79 Å². The second kappa shape index (κ2) is 18.4. The van der Waals surface area contributed by atoms with Gasteiger partial charge in [0.25, 0.3) is 0 Å². The van der Waals surface area contributed by atoms with Crippen LogP contribution in [0.25, 0.3) is 0 Å². The van der Waals surface area contributed by atoms with E-state index in [1.165, 1.54) is 0 Å². The summed E-state index contributed by atoms with van der Waals surface area (Å²) in [7, 11) is -5.16. The molecule has 0 aromatic heterocycles. The van der Waals surface area contributed by atoms with Gasteiger partial charge in [-0.3, -0.25) is 9.59 Å². The molecule has 11 nitrogen and oxygen atoms in total. The Morgan fingerprint density at radius 1 is 1.08 bits per heavy atom. The van der Waals surface area contributed by atoms with E-state index < -0.39 is 39.6 Å². The molecule has 1 heterocycles. The summed E-state index contributed by atoms with van der Waals surface area (Å²) in [5, 5.41) is 17.7. The zero-order valence-corrected chi connectivity index (χ0v) is 24.9. The quantitative estimate of drug-likeness (QED) is 0.170. The van der Waals surface area contributed by atoms with Gasteiger partial charge in [-0.2, -0.15) is 0 Å². The number of alkyl carbamates (subject to hydrolysis) is 1. The number of rotatable bonds is 8. The largest absolute Gasteiger partial charge is 1.00 e. The number of unbranched alkanes of at least 4 members (excludes halogenated alkanes) is 2. The Morgan fingerprint density at radius 3 is 2.39 bits per heavy atom. The van der Waals surface area contributed by atoms with Crippen LogP contribution in [0.5, 0.6) is 0 Å². The molecule has 2 unspecified atom stereocenters. The van der Waals surface area contributed by atoms with Crippen molar-refractivity contribution < 1.29 is 66.8 Å². The van der Waals surface area contributed by atoms with E-state index in [0.29, 0.717) is 25.8 Å². The number of carbonyl (C=O) groups is 3. The first kappa shape index (κ1) is 35.1. The molecule has 0 aromatic rings. The summed E-state index contributed by atoms with van der Waals surface area (Å²) in [6, 6.07) is -2.59. The molecule has 1 aliphatic heterocycles. The Labute approximate surface area is 237 Å². The maximum absolute atomic E-state index is 13.0. The molecule has 4 atom stereocenters. The normalized spacial score (nSPS) is 24.4. The molecule has 0 bridgehead atoms. The molecular formula is C23H42N3NaO8S. The number of aliphatic hydroxyl groups excluding tert-OH is 1. The zero-order chi connectivity index (χ0) is 26.4. The Morgan fingerprint density at radius 2 is 1.78 bits per heavy atom. The van der Waals surface area contributed by atoms with Crippen LogP contribution in [0.15, 0.2) is 0 Å². The van der Waals surface area contributed by atoms with Gasteiger partial charge in [-0.05, 0) is 50.9 Å². The molecule has 0 saturated carbocycles. The van der Waals surface area contributed by atoms with Crippen LogP contribution in [-0.2, 0) is 24.4 Å². The molecule has 13 heteroatoms. The maximum Gasteiger partial charge on any atom is 1.00 e. The molecule has 204 valence electrons. The second-order valence-electron chi connectivity index (χ2n) is 9.59. The van der Waals surface area contributed by atoms with Gasteiger partial charge in [-0.25, -0.2) is 13.2 Å². The summed E-state index contributed by atoms with van der Waals surface area (Å²) in [4.78, 5) is 37.8. The fourth-order valence-electron chi connectivity index (χ4n) is 3.96. The van der Waals surface area contributed by atoms with Crippen LogP contribution < -0.4 is 45.5 Å². The second-order valence-corrected chi connectivity index (χ2v) is 11.1. The van der Waals surface area contributed by atoms with E-state index in [4.69, 9.17) is 4.74 Å². The van der Waals surface area contributed by atoms with Gasteiger partial charge >= 0.3 is 35.7 Å². The van der Waals surface area contributed by atoms with E-state index in [-0.39, 0.29) is 66.7 Å². The summed E-state index contributed by atoms with van der Waals surface area (Å²) >= 11 is 0. The molecule has 1 rings (SSSR count). The first-order valence-corrected chi connectivity index (χ1v) is 14.1. The third-order valence-electron chi connectivity index (χ3n) is 5.89. The summed E-state index contributed by atoms with van der Waals surface area (Å²) in [5.41, 5.74) is -2.43. The van der Waals surface area contributed by atoms with Gasteiger partial charge in [0.1, 0.15) is 22.3 Å². The first-order valence-electron chi connectivity index (χ1n) is 12.6. The van der Waals surface area contributed by atoms with Crippen LogP contribution in [0.3, 0.4) is 0 Å². The molecule has 0 spiro atoms. The van der Waals surface area contributed by atoms with Gasteiger partial charge in [-0.1, -0.05) is 40.0 Å². The van der Waals surface area contributed by atoms with E-state index >= 15 is 0 Å². The van der Waals surface area contributed by atoms with Crippen molar-refractivity contribution in [2.45, 2.75) is 115 Å². The summed E-state index contributed by atoms with van der Waals surface area (Å²) in [6.45, 7) is 6.18. The Kier molecular flexibility index (Phi) is 17.9. The van der Waals surface area contributed by atoms with E-state index in [2.05, 4.69) is 22.9 Å². The minimum atomic E-state index is -5.16. The van der Waals surface area contributed by atoms with Gasteiger partial charge in [0.2, 0.25) is 11.8 Å². The number of carbonyl (C=O) groups excluding carboxylic acids is 3. The number of amides is 3. The Hall–Kier alpha value is -0.920. The van der Waals surface area contributed by atoms with Gasteiger partial charge in [0.05, 0.1) is 6.04 Å². The smallest absolute Gasteiger partial charge is 0.746 e. The van der Waals surface area contributed by atoms with Crippen molar-refractivity contribution in [1.29, 1.82) is 0 Å². The molecule has 36 heavy (non-hydrogen) atoms. The van der Waals surface area contributed by atoms with Gasteiger partial charge in [0.15, 0.2) is 5.44 Å². The average molecular weight is 544 g/mol. The molecular weight excluding hydrogens is 501 g/mol. The molecule has 1 fully saturated rings. The predicted octanol–water partition coefficient (Wildman–Crippen LogP) is -1.10. The third kappa shape index (κ3) is 14.7. The number of ether oxygens (including phenoxy) is 1. The fourth-order valence-corrected chi connectivity index (χ4v) is 4.57. The van der Waals surface area contributed by atoms with Gasteiger partial charge in [-0.15, -0.1) is 0 Å². The SMILES string of the molecule is CCCCCC1CCCCCNC(=O)CC[C@@H](C(O)S(=O)(=O)[O-])NC(=O)[C@H](CC(C)C)NC(=O)O1.[Na+]. The van der Waals surface area contributed by atoms with Crippen molar-refractivity contribution in [3.63, 3.8) is 0 Å². The molecule has 1 saturated heterocycles. The topological polar surface area (TPSA) is 174 Å². The van der Waals surface area contributed by atoms with Crippen molar-refractivity contribution in [3.05, 3.63) is 0 Å². The maximum atomic E-state index is 13.0. The summed E-state index contributed by atoms with van der Waals surface area (Å²) in [6.07, 6.45) is 5.37. The number of hydrogen-bond donors (Lipinski definition) is 4. The van der Waals surface area contributed by atoms with Crippen molar-refractivity contribution in [2.75, 3.05) is 6.54 Å². The first-order chi connectivity index (χ1) is 16.4. The minimum Gasteiger partial charge on any atom is -0.746 e. The van der Waals surface area contributed by atoms with E-state index in [0.717, 1.165) is 32.1 Å². The van der Waals surface area contributed by atoms with Crippen molar-refractivity contribution in [2.24, 2.45) is 5.92 Å². The van der Waals surface area contributed by atoms with Gasteiger partial charge in [0, 0.05) is 13.0 Å². The minimum absolute atomic E-state index is 0.